The predicted octanol–water partition coefficient (Wildman–Crippen LogP) is 4.26. The fraction of sp³-hybridized carbons (Fsp3) is 0.167. The summed E-state index contributed by atoms with van der Waals surface area (Å²) >= 11 is 0. The van der Waals surface area contributed by atoms with E-state index in [2.05, 4.69) is 9.88 Å². The predicted molar refractivity (Wildman–Crippen MR) is 117 cm³/mol. The van der Waals surface area contributed by atoms with Gasteiger partial charge in [0.05, 0.1) is 12.7 Å². The van der Waals surface area contributed by atoms with Gasteiger partial charge in [-0.15, -0.1) is 0 Å². The lowest BCUT2D eigenvalue weighted by Gasteiger charge is -2.10. The van der Waals surface area contributed by atoms with Crippen LogP contribution < -0.4 is 14.8 Å². The van der Waals surface area contributed by atoms with Gasteiger partial charge in [-0.2, -0.15) is 0 Å². The largest absolute Gasteiger partial charge is 0.465 e. The zero-order chi connectivity index (χ0) is 22.0. The lowest BCUT2D eigenvalue weighted by Crippen LogP contribution is -2.09. The van der Waals surface area contributed by atoms with Crippen molar-refractivity contribution < 1.29 is 23.8 Å². The van der Waals surface area contributed by atoms with Crippen LogP contribution in [0, 0.1) is 13.8 Å². The molecule has 0 unspecified atom stereocenters. The highest BCUT2D eigenvalue weighted by Crippen LogP contribution is 2.35. The van der Waals surface area contributed by atoms with Crippen molar-refractivity contribution in [2.75, 3.05) is 19.2 Å². The molecule has 1 amide bonds. The number of hydrogen-bond donors (Lipinski definition) is 1. The summed E-state index contributed by atoms with van der Waals surface area (Å²) in [6.07, 6.45) is 3.24. The third-order valence-corrected chi connectivity index (χ3v) is 5.05. The summed E-state index contributed by atoms with van der Waals surface area (Å²) in [4.78, 5) is 24.0. The van der Waals surface area contributed by atoms with E-state index >= 15 is 0 Å². The van der Waals surface area contributed by atoms with E-state index in [-0.39, 0.29) is 12.7 Å². The molecular weight excluding hydrogens is 396 g/mol. The lowest BCUT2D eigenvalue weighted by atomic mass is 10.2. The lowest BCUT2D eigenvalue weighted by molar-refractivity contribution is -0.111. The molecule has 0 spiro atoms. The van der Waals surface area contributed by atoms with Crippen LogP contribution in [0.2, 0.25) is 0 Å². The molecule has 0 saturated carbocycles. The van der Waals surface area contributed by atoms with Gasteiger partial charge in [0.1, 0.15) is 0 Å². The number of aryl methyl sites for hydroxylation is 1. The molecule has 0 bridgehead atoms. The molecule has 1 N–H and O–H groups in total. The van der Waals surface area contributed by atoms with E-state index in [0.29, 0.717) is 11.3 Å². The molecule has 2 heterocycles. The molecule has 1 aliphatic rings. The maximum atomic E-state index is 12.4. The van der Waals surface area contributed by atoms with Crippen LogP contribution in [0.3, 0.4) is 0 Å². The normalized spacial score (nSPS) is 12.2. The number of aromatic nitrogens is 1. The SMILES string of the molecule is COC(=O)c1cccc(NC(=O)C=Cc2cc(C)n(-c3ccc4c(c3)OCO4)c2C)c1. The van der Waals surface area contributed by atoms with Crippen molar-refractivity contribution in [2.24, 2.45) is 0 Å². The molecule has 3 aromatic rings. The monoisotopic (exact) mass is 418 g/mol. The number of esters is 1. The average Bonchev–Trinajstić information content (AvgIpc) is 3.34. The van der Waals surface area contributed by atoms with E-state index < -0.39 is 5.97 Å². The van der Waals surface area contributed by atoms with Crippen molar-refractivity contribution in [3.63, 3.8) is 0 Å². The Kier molecular flexibility index (Phi) is 5.49. The smallest absolute Gasteiger partial charge is 0.337 e. The molecular formula is C24H22N2O5. The molecule has 7 heteroatoms. The number of amides is 1. The first-order chi connectivity index (χ1) is 15.0. The second kappa shape index (κ2) is 8.39. The number of hydrogen-bond acceptors (Lipinski definition) is 5. The standard InChI is InChI=1S/C24H22N2O5/c1-15-11-17(16(2)26(15)20-8-9-21-22(13-20)31-14-30-21)7-10-23(27)25-19-6-4-5-18(12-19)24(28)29-3/h4-13H,14H2,1-3H3,(H,25,27). The number of carbonyl (C=O) groups is 2. The fourth-order valence-corrected chi connectivity index (χ4v) is 3.57. The molecule has 1 aliphatic heterocycles. The van der Waals surface area contributed by atoms with E-state index in [1.165, 1.54) is 13.2 Å². The van der Waals surface area contributed by atoms with Crippen LogP contribution in [-0.2, 0) is 9.53 Å². The van der Waals surface area contributed by atoms with Gasteiger partial charge < -0.3 is 24.1 Å². The van der Waals surface area contributed by atoms with Gasteiger partial charge in [-0.05, 0) is 61.9 Å². The summed E-state index contributed by atoms with van der Waals surface area (Å²) in [6.45, 7) is 4.23. The molecule has 1 aromatic heterocycles. The summed E-state index contributed by atoms with van der Waals surface area (Å²) in [5, 5.41) is 2.76. The number of nitrogens with zero attached hydrogens (tertiary/aromatic N) is 1. The summed E-state index contributed by atoms with van der Waals surface area (Å²) in [7, 11) is 1.32. The molecule has 158 valence electrons. The van der Waals surface area contributed by atoms with Gasteiger partial charge in [0, 0.05) is 34.9 Å². The highest BCUT2D eigenvalue weighted by atomic mass is 16.7. The Morgan fingerprint density at radius 3 is 2.68 bits per heavy atom. The van der Waals surface area contributed by atoms with Crippen molar-refractivity contribution in [3.05, 3.63) is 77.1 Å². The van der Waals surface area contributed by atoms with Crippen LogP contribution in [-0.4, -0.2) is 30.3 Å². The number of methoxy groups -OCH3 is 1. The Morgan fingerprint density at radius 2 is 1.87 bits per heavy atom. The van der Waals surface area contributed by atoms with Gasteiger partial charge in [-0.3, -0.25) is 4.79 Å². The van der Waals surface area contributed by atoms with Crippen LogP contribution in [0.4, 0.5) is 5.69 Å². The Hall–Kier alpha value is -4.00. The molecule has 0 atom stereocenters. The minimum atomic E-state index is -0.456. The second-order valence-electron chi connectivity index (χ2n) is 7.09. The Balaban J connectivity index is 1.52. The first-order valence-corrected chi connectivity index (χ1v) is 9.72. The van der Waals surface area contributed by atoms with Gasteiger partial charge in [0.2, 0.25) is 12.7 Å². The van der Waals surface area contributed by atoms with Gasteiger partial charge >= 0.3 is 5.97 Å². The quantitative estimate of drug-likeness (QED) is 0.495. The van der Waals surface area contributed by atoms with Crippen molar-refractivity contribution in [1.82, 2.24) is 4.57 Å². The second-order valence-corrected chi connectivity index (χ2v) is 7.09. The van der Waals surface area contributed by atoms with Crippen molar-refractivity contribution >= 4 is 23.6 Å². The van der Waals surface area contributed by atoms with Gasteiger partial charge in [-0.1, -0.05) is 6.07 Å². The van der Waals surface area contributed by atoms with Crippen molar-refractivity contribution in [1.29, 1.82) is 0 Å². The van der Waals surface area contributed by atoms with Crippen LogP contribution in [0.25, 0.3) is 11.8 Å². The first kappa shape index (κ1) is 20.3. The molecule has 0 fully saturated rings. The van der Waals surface area contributed by atoms with E-state index in [0.717, 1.165) is 34.1 Å². The zero-order valence-electron chi connectivity index (χ0n) is 17.5. The number of carbonyl (C=O) groups excluding carboxylic acids is 2. The van der Waals surface area contributed by atoms with Gasteiger partial charge in [0.25, 0.3) is 0 Å². The number of ether oxygens (including phenoxy) is 3. The summed E-state index contributed by atoms with van der Waals surface area (Å²) in [6, 6.07) is 14.4. The maximum absolute atomic E-state index is 12.4. The molecule has 0 aliphatic carbocycles. The first-order valence-electron chi connectivity index (χ1n) is 9.72. The third-order valence-electron chi connectivity index (χ3n) is 5.05. The molecule has 31 heavy (non-hydrogen) atoms. The fourth-order valence-electron chi connectivity index (χ4n) is 3.57. The maximum Gasteiger partial charge on any atom is 0.337 e. The average molecular weight is 418 g/mol. The molecule has 7 nitrogen and oxygen atoms in total. The third kappa shape index (κ3) is 4.16. The molecule has 2 aromatic carbocycles. The minimum absolute atomic E-state index is 0.230. The van der Waals surface area contributed by atoms with Crippen LogP contribution in [0.5, 0.6) is 11.5 Å². The number of nitrogens with one attached hydrogen (secondary N) is 1. The van der Waals surface area contributed by atoms with E-state index in [9.17, 15) is 9.59 Å². The molecule has 0 saturated heterocycles. The minimum Gasteiger partial charge on any atom is -0.465 e. The Labute approximate surface area is 179 Å². The van der Waals surface area contributed by atoms with E-state index in [1.54, 1.807) is 30.3 Å². The number of fused-ring (bicyclic) bond motifs is 1. The summed E-state index contributed by atoms with van der Waals surface area (Å²) in [5.74, 6) is 0.701. The van der Waals surface area contributed by atoms with E-state index in [4.69, 9.17) is 14.2 Å². The molecule has 4 rings (SSSR count). The van der Waals surface area contributed by atoms with Gasteiger partial charge in [-0.25, -0.2) is 4.79 Å². The Morgan fingerprint density at radius 1 is 1.06 bits per heavy atom. The molecule has 0 radical (unpaired) electrons. The zero-order valence-corrected chi connectivity index (χ0v) is 17.5. The van der Waals surface area contributed by atoms with Crippen molar-refractivity contribution in [3.8, 4) is 17.2 Å². The highest BCUT2D eigenvalue weighted by Gasteiger charge is 2.16. The number of rotatable bonds is 5. The van der Waals surface area contributed by atoms with Crippen LogP contribution >= 0.6 is 0 Å². The van der Waals surface area contributed by atoms with Crippen LogP contribution in [0.15, 0.2) is 54.6 Å². The van der Waals surface area contributed by atoms with Gasteiger partial charge in [0.15, 0.2) is 11.5 Å². The number of benzene rings is 2. The number of anilines is 1. The van der Waals surface area contributed by atoms with E-state index in [1.807, 2.05) is 38.1 Å². The Bertz CT molecular complexity index is 1190. The highest BCUT2D eigenvalue weighted by molar-refractivity contribution is 6.02. The van der Waals surface area contributed by atoms with Crippen LogP contribution in [0.1, 0.15) is 27.3 Å². The van der Waals surface area contributed by atoms with Crippen molar-refractivity contribution in [2.45, 2.75) is 13.8 Å². The summed E-state index contributed by atoms with van der Waals surface area (Å²) in [5.41, 5.74) is 4.80. The summed E-state index contributed by atoms with van der Waals surface area (Å²) < 4.78 is 17.7. The topological polar surface area (TPSA) is 78.8 Å².